The van der Waals surface area contributed by atoms with Gasteiger partial charge in [-0.1, -0.05) is 35.9 Å². The summed E-state index contributed by atoms with van der Waals surface area (Å²) in [4.78, 5) is 27.0. The molecule has 2 amide bonds. The Morgan fingerprint density at radius 3 is 2.30 bits per heavy atom. The fourth-order valence-electron chi connectivity index (χ4n) is 3.68. The maximum Gasteiger partial charge on any atom is 0.242 e. The molecule has 2 rings (SSSR count). The van der Waals surface area contributed by atoms with E-state index in [0.29, 0.717) is 18.7 Å². The summed E-state index contributed by atoms with van der Waals surface area (Å²) in [7, 11) is -1.97. The van der Waals surface area contributed by atoms with Crippen LogP contribution in [0.2, 0.25) is 0 Å². The molecule has 2 aromatic carbocycles. The van der Waals surface area contributed by atoms with Gasteiger partial charge in [-0.25, -0.2) is 8.42 Å². The van der Waals surface area contributed by atoms with Crippen molar-refractivity contribution < 1.29 is 18.0 Å². The summed E-state index contributed by atoms with van der Waals surface area (Å²) in [6.45, 7) is 8.07. The minimum absolute atomic E-state index is 0.129. The van der Waals surface area contributed by atoms with Gasteiger partial charge in [0.15, 0.2) is 0 Å². The highest BCUT2D eigenvalue weighted by atomic mass is 32.2. The van der Waals surface area contributed by atoms with E-state index in [4.69, 9.17) is 0 Å². The molecule has 0 aromatic heterocycles. The molecule has 2 aromatic rings. The van der Waals surface area contributed by atoms with E-state index in [1.165, 1.54) is 10.6 Å². The van der Waals surface area contributed by atoms with E-state index >= 15 is 0 Å². The number of amides is 2. The number of likely N-dealkylation sites (N-methyl/N-ethyl adjacent to an activating group) is 1. The second kappa shape index (κ2) is 11.3. The number of anilines is 1. The van der Waals surface area contributed by atoms with Crippen LogP contribution in [-0.2, 0) is 26.2 Å². The molecule has 1 atom stereocenters. The zero-order valence-corrected chi connectivity index (χ0v) is 21.2. The standard InChI is InChI=1S/C25H35N3O4S/c1-18-9-7-10-22(15-18)17-27(21(4)25(30)26-5)24(29)11-8-14-28(33(6,31)32)23-13-12-19(2)20(3)16-23/h7,9-10,12-13,15-16,21H,8,11,14,17H2,1-6H3,(H,26,30)/t21-/m1/s1. The molecular weight excluding hydrogens is 438 g/mol. The zero-order chi connectivity index (χ0) is 24.8. The van der Waals surface area contributed by atoms with E-state index < -0.39 is 16.1 Å². The highest BCUT2D eigenvalue weighted by Crippen LogP contribution is 2.22. The average Bonchev–Trinajstić information content (AvgIpc) is 2.75. The molecular formula is C25H35N3O4S. The topological polar surface area (TPSA) is 86.8 Å². The molecule has 0 spiro atoms. The second-order valence-electron chi connectivity index (χ2n) is 8.51. The van der Waals surface area contributed by atoms with Crippen LogP contribution in [0.15, 0.2) is 42.5 Å². The number of hydrogen-bond acceptors (Lipinski definition) is 4. The summed E-state index contributed by atoms with van der Waals surface area (Å²) in [5, 5.41) is 2.60. The summed E-state index contributed by atoms with van der Waals surface area (Å²) >= 11 is 0. The van der Waals surface area contributed by atoms with Crippen molar-refractivity contribution in [3.05, 3.63) is 64.7 Å². The van der Waals surface area contributed by atoms with Gasteiger partial charge in [-0.15, -0.1) is 0 Å². The van der Waals surface area contributed by atoms with E-state index in [1.54, 1.807) is 24.9 Å². The van der Waals surface area contributed by atoms with Crippen molar-refractivity contribution in [1.29, 1.82) is 0 Å². The lowest BCUT2D eigenvalue weighted by Gasteiger charge is -2.29. The van der Waals surface area contributed by atoms with Gasteiger partial charge in [-0.3, -0.25) is 13.9 Å². The molecule has 0 unspecified atom stereocenters. The third-order valence-corrected chi connectivity index (χ3v) is 6.97. The number of carbonyl (C=O) groups excluding carboxylic acids is 2. The minimum atomic E-state index is -3.51. The van der Waals surface area contributed by atoms with Gasteiger partial charge in [-0.05, 0) is 62.9 Å². The van der Waals surface area contributed by atoms with Crippen LogP contribution < -0.4 is 9.62 Å². The summed E-state index contributed by atoms with van der Waals surface area (Å²) < 4.78 is 26.2. The Balaban J connectivity index is 2.16. The fraction of sp³-hybridized carbons (Fsp3) is 0.440. The van der Waals surface area contributed by atoms with Crippen LogP contribution >= 0.6 is 0 Å². The van der Waals surface area contributed by atoms with E-state index in [1.807, 2.05) is 57.2 Å². The Kier molecular flexibility index (Phi) is 9.05. The Bertz CT molecular complexity index is 1100. The first kappa shape index (κ1) is 26.4. The number of rotatable bonds is 10. The predicted octanol–water partition coefficient (Wildman–Crippen LogP) is 3.32. The monoisotopic (exact) mass is 473 g/mol. The SMILES string of the molecule is CNC(=O)[C@@H](C)N(Cc1cccc(C)c1)C(=O)CCCN(c1ccc(C)c(C)c1)S(C)(=O)=O. The molecule has 0 heterocycles. The first-order chi connectivity index (χ1) is 15.4. The number of benzene rings is 2. The largest absolute Gasteiger partial charge is 0.357 e. The van der Waals surface area contributed by atoms with E-state index in [0.717, 1.165) is 22.3 Å². The third kappa shape index (κ3) is 7.32. The molecule has 1 N–H and O–H groups in total. The molecule has 0 saturated heterocycles. The summed E-state index contributed by atoms with van der Waals surface area (Å²) in [5.41, 5.74) is 4.68. The zero-order valence-electron chi connectivity index (χ0n) is 20.4. The van der Waals surface area contributed by atoms with Crippen LogP contribution in [0.3, 0.4) is 0 Å². The molecule has 0 aliphatic heterocycles. The molecule has 0 bridgehead atoms. The fourth-order valence-corrected chi connectivity index (χ4v) is 4.64. The minimum Gasteiger partial charge on any atom is -0.357 e. The lowest BCUT2D eigenvalue weighted by molar-refractivity contribution is -0.140. The Morgan fingerprint density at radius 2 is 1.73 bits per heavy atom. The third-order valence-electron chi connectivity index (χ3n) is 5.78. The number of carbonyl (C=O) groups is 2. The maximum atomic E-state index is 13.1. The van der Waals surface area contributed by atoms with Gasteiger partial charge in [0.25, 0.3) is 0 Å². The van der Waals surface area contributed by atoms with Gasteiger partial charge in [0.1, 0.15) is 6.04 Å². The van der Waals surface area contributed by atoms with Crippen LogP contribution in [0, 0.1) is 20.8 Å². The van der Waals surface area contributed by atoms with Crippen LogP contribution in [0.4, 0.5) is 5.69 Å². The van der Waals surface area contributed by atoms with Crippen LogP contribution in [0.1, 0.15) is 42.0 Å². The molecule has 180 valence electrons. The Morgan fingerprint density at radius 1 is 1.03 bits per heavy atom. The van der Waals surface area contributed by atoms with Gasteiger partial charge in [0.05, 0.1) is 11.9 Å². The average molecular weight is 474 g/mol. The van der Waals surface area contributed by atoms with Crippen molar-refractivity contribution in [3.63, 3.8) is 0 Å². The smallest absolute Gasteiger partial charge is 0.242 e. The molecule has 0 radical (unpaired) electrons. The highest BCUT2D eigenvalue weighted by Gasteiger charge is 2.26. The number of nitrogens with one attached hydrogen (secondary N) is 1. The second-order valence-corrected chi connectivity index (χ2v) is 10.4. The van der Waals surface area contributed by atoms with Gasteiger partial charge >= 0.3 is 0 Å². The molecule has 33 heavy (non-hydrogen) atoms. The van der Waals surface area contributed by atoms with Crippen molar-refractivity contribution in [3.8, 4) is 0 Å². The van der Waals surface area contributed by atoms with Crippen LogP contribution in [0.25, 0.3) is 0 Å². The van der Waals surface area contributed by atoms with Crippen LogP contribution in [-0.4, -0.2) is 51.0 Å². The number of aryl methyl sites for hydroxylation is 3. The van der Waals surface area contributed by atoms with Crippen molar-refractivity contribution in [2.75, 3.05) is 24.2 Å². The van der Waals surface area contributed by atoms with Crippen molar-refractivity contribution in [2.45, 2.75) is 53.1 Å². The molecule has 0 saturated carbocycles. The molecule has 7 nitrogen and oxygen atoms in total. The lowest BCUT2D eigenvalue weighted by Crippen LogP contribution is -2.46. The van der Waals surface area contributed by atoms with Crippen molar-refractivity contribution in [1.82, 2.24) is 10.2 Å². The van der Waals surface area contributed by atoms with Gasteiger partial charge in [0, 0.05) is 26.6 Å². The van der Waals surface area contributed by atoms with E-state index in [9.17, 15) is 18.0 Å². The first-order valence-electron chi connectivity index (χ1n) is 11.1. The summed E-state index contributed by atoms with van der Waals surface area (Å²) in [6, 6.07) is 12.7. The molecule has 8 heteroatoms. The van der Waals surface area contributed by atoms with Gasteiger partial charge in [0.2, 0.25) is 21.8 Å². The quantitative estimate of drug-likeness (QED) is 0.574. The first-order valence-corrected chi connectivity index (χ1v) is 12.9. The maximum absolute atomic E-state index is 13.1. The van der Waals surface area contributed by atoms with Gasteiger partial charge < -0.3 is 10.2 Å². The van der Waals surface area contributed by atoms with Gasteiger partial charge in [-0.2, -0.15) is 0 Å². The summed E-state index contributed by atoms with van der Waals surface area (Å²) in [5.74, 6) is -0.440. The van der Waals surface area contributed by atoms with E-state index in [-0.39, 0.29) is 24.8 Å². The highest BCUT2D eigenvalue weighted by molar-refractivity contribution is 7.92. The summed E-state index contributed by atoms with van der Waals surface area (Å²) in [6.07, 6.45) is 1.63. The molecule has 0 aliphatic carbocycles. The normalized spacial score (nSPS) is 12.2. The predicted molar refractivity (Wildman–Crippen MR) is 133 cm³/mol. The number of sulfonamides is 1. The molecule has 0 aliphatic rings. The number of nitrogens with zero attached hydrogens (tertiary/aromatic N) is 2. The van der Waals surface area contributed by atoms with E-state index in [2.05, 4.69) is 5.32 Å². The lowest BCUT2D eigenvalue weighted by atomic mass is 10.1. The van der Waals surface area contributed by atoms with Crippen molar-refractivity contribution >= 4 is 27.5 Å². The number of hydrogen-bond donors (Lipinski definition) is 1. The molecule has 0 fully saturated rings. The Hall–Kier alpha value is -2.87. The Labute approximate surface area is 197 Å². The van der Waals surface area contributed by atoms with Crippen LogP contribution in [0.5, 0.6) is 0 Å². The van der Waals surface area contributed by atoms with Crippen molar-refractivity contribution in [2.24, 2.45) is 0 Å².